The van der Waals surface area contributed by atoms with E-state index in [4.69, 9.17) is 12.2 Å². The van der Waals surface area contributed by atoms with E-state index in [1.165, 1.54) is 33.8 Å². The highest BCUT2D eigenvalue weighted by Crippen LogP contribution is 2.41. The summed E-state index contributed by atoms with van der Waals surface area (Å²) in [5.74, 6) is 0. The van der Waals surface area contributed by atoms with Gasteiger partial charge in [-0.1, -0.05) is 18.2 Å². The molecular weight excluding hydrogens is 392 g/mol. The summed E-state index contributed by atoms with van der Waals surface area (Å²) in [6.45, 7) is 9.15. The quantitative estimate of drug-likeness (QED) is 0.610. The number of aromatic nitrogens is 2. The molecule has 156 valence electrons. The Morgan fingerprint density at radius 1 is 1.10 bits per heavy atom. The van der Waals surface area contributed by atoms with E-state index in [0.717, 1.165) is 5.69 Å². The highest BCUT2D eigenvalue weighted by molar-refractivity contribution is 7.80. The van der Waals surface area contributed by atoms with Crippen molar-refractivity contribution in [1.29, 1.82) is 0 Å². The molecule has 0 radical (unpaired) electrons. The van der Waals surface area contributed by atoms with Crippen molar-refractivity contribution < 1.29 is 5.11 Å². The van der Waals surface area contributed by atoms with Crippen molar-refractivity contribution in [3.63, 3.8) is 0 Å². The van der Waals surface area contributed by atoms with Crippen LogP contribution in [-0.2, 0) is 0 Å². The molecule has 0 saturated carbocycles. The van der Waals surface area contributed by atoms with Crippen molar-refractivity contribution in [1.82, 2.24) is 19.8 Å². The monoisotopic (exact) mass is 420 g/mol. The number of β-amino-alcohol motifs (C(OH)–C–C–N with tert-alkyl or cyclic N) is 1. The van der Waals surface area contributed by atoms with E-state index in [-0.39, 0.29) is 18.7 Å². The molecule has 1 saturated heterocycles. The summed E-state index contributed by atoms with van der Waals surface area (Å²) in [5, 5.41) is 13.8. The van der Waals surface area contributed by atoms with Gasteiger partial charge in [0.25, 0.3) is 0 Å². The Hall–Kier alpha value is -2.70. The Balaban J connectivity index is 1.86. The van der Waals surface area contributed by atoms with Crippen LogP contribution in [0.25, 0.3) is 5.69 Å². The fraction of sp³-hybridized carbons (Fsp3) is 0.333. The fourth-order valence-corrected chi connectivity index (χ4v) is 4.86. The highest BCUT2D eigenvalue weighted by Gasteiger charge is 2.41. The first-order chi connectivity index (χ1) is 14.4. The fourth-order valence-electron chi connectivity index (χ4n) is 4.53. The normalized spacial score (nSPS) is 18.7. The second-order valence-electron chi connectivity index (χ2n) is 7.92. The van der Waals surface area contributed by atoms with Crippen molar-refractivity contribution in [3.05, 3.63) is 82.4 Å². The molecule has 1 fully saturated rings. The van der Waals surface area contributed by atoms with E-state index in [2.05, 4.69) is 71.7 Å². The average molecular weight is 421 g/mol. The Morgan fingerprint density at radius 2 is 1.90 bits per heavy atom. The minimum Gasteiger partial charge on any atom is -0.395 e. The summed E-state index contributed by atoms with van der Waals surface area (Å²) in [7, 11) is 0. The molecule has 1 aliphatic rings. The molecule has 3 aromatic rings. The van der Waals surface area contributed by atoms with Crippen LogP contribution in [0.5, 0.6) is 0 Å². The number of aliphatic hydroxyl groups excluding tert-OH is 1. The molecule has 4 rings (SSSR count). The predicted octanol–water partition coefficient (Wildman–Crippen LogP) is 4.07. The lowest BCUT2D eigenvalue weighted by Crippen LogP contribution is -2.32. The minimum absolute atomic E-state index is 0.0374. The Kier molecular flexibility index (Phi) is 5.62. The van der Waals surface area contributed by atoms with Gasteiger partial charge >= 0.3 is 0 Å². The number of rotatable bonds is 5. The number of thiocarbonyl (C=S) groups is 1. The molecule has 5 nitrogen and oxygen atoms in total. The lowest BCUT2D eigenvalue weighted by Gasteiger charge is -2.27. The van der Waals surface area contributed by atoms with Crippen molar-refractivity contribution in [2.45, 2.75) is 39.8 Å². The molecule has 3 heterocycles. The third kappa shape index (κ3) is 3.40. The summed E-state index contributed by atoms with van der Waals surface area (Å²) in [6, 6.07) is 14.5. The van der Waals surface area contributed by atoms with Gasteiger partial charge in [0.15, 0.2) is 5.11 Å². The standard InChI is InChI=1S/C24H28N4OS/c1-15-8-7-10-21(17(15)3)28-16(2)14-19(18(28)4)23-22(20-9-5-6-11-25-20)26-24(30)27(23)12-13-29/h5-11,14,22-23,29H,12-13H2,1-4H3,(H,26,30)/t22-,23-/m1/s1. The van der Waals surface area contributed by atoms with E-state index in [1.807, 2.05) is 24.4 Å². The number of nitrogens with one attached hydrogen (secondary N) is 1. The summed E-state index contributed by atoms with van der Waals surface area (Å²) >= 11 is 5.64. The van der Waals surface area contributed by atoms with Crippen molar-refractivity contribution in [2.24, 2.45) is 0 Å². The van der Waals surface area contributed by atoms with E-state index in [0.29, 0.717) is 11.7 Å². The first-order valence-corrected chi connectivity index (χ1v) is 10.7. The van der Waals surface area contributed by atoms with Gasteiger partial charge in [-0.05, 0) is 80.9 Å². The topological polar surface area (TPSA) is 53.3 Å². The first-order valence-electron chi connectivity index (χ1n) is 10.3. The van der Waals surface area contributed by atoms with Crippen LogP contribution in [0.2, 0.25) is 0 Å². The molecule has 0 amide bonds. The molecule has 2 N–H and O–H groups in total. The van der Waals surface area contributed by atoms with Gasteiger partial charge in [-0.15, -0.1) is 0 Å². The second kappa shape index (κ2) is 8.20. The number of hydrogen-bond acceptors (Lipinski definition) is 3. The number of benzene rings is 1. The molecule has 0 bridgehead atoms. The van der Waals surface area contributed by atoms with Crippen LogP contribution in [0.15, 0.2) is 48.7 Å². The zero-order valence-electron chi connectivity index (χ0n) is 17.9. The van der Waals surface area contributed by atoms with E-state index >= 15 is 0 Å². The van der Waals surface area contributed by atoms with Crippen LogP contribution >= 0.6 is 12.2 Å². The molecule has 0 aliphatic carbocycles. The van der Waals surface area contributed by atoms with Crippen LogP contribution in [0.4, 0.5) is 0 Å². The minimum atomic E-state index is -0.0715. The lowest BCUT2D eigenvalue weighted by atomic mass is 9.96. The first kappa shape index (κ1) is 20.6. The number of nitrogens with zero attached hydrogens (tertiary/aromatic N) is 3. The molecule has 1 aromatic carbocycles. The number of aryl methyl sites for hydroxylation is 2. The molecule has 6 heteroatoms. The predicted molar refractivity (Wildman–Crippen MR) is 124 cm³/mol. The van der Waals surface area contributed by atoms with Gasteiger partial charge in [0.05, 0.1) is 24.4 Å². The number of hydrogen-bond donors (Lipinski definition) is 2. The van der Waals surface area contributed by atoms with Crippen LogP contribution in [0.1, 0.15) is 45.9 Å². The van der Waals surface area contributed by atoms with Crippen LogP contribution < -0.4 is 5.32 Å². The van der Waals surface area contributed by atoms with Gasteiger partial charge in [-0.25, -0.2) is 0 Å². The van der Waals surface area contributed by atoms with Crippen molar-refractivity contribution in [3.8, 4) is 5.69 Å². The Morgan fingerprint density at radius 3 is 2.60 bits per heavy atom. The van der Waals surface area contributed by atoms with E-state index in [9.17, 15) is 5.11 Å². The average Bonchev–Trinajstić information content (AvgIpc) is 3.21. The number of aliphatic hydroxyl groups is 1. The molecule has 0 unspecified atom stereocenters. The summed E-state index contributed by atoms with van der Waals surface area (Å²) in [5.41, 5.74) is 8.26. The van der Waals surface area contributed by atoms with Crippen molar-refractivity contribution >= 4 is 17.3 Å². The molecular formula is C24H28N4OS. The third-order valence-corrected chi connectivity index (χ3v) is 6.50. The Labute approximate surface area is 183 Å². The Bertz CT molecular complexity index is 1080. The maximum absolute atomic E-state index is 9.69. The van der Waals surface area contributed by atoms with Gasteiger partial charge in [0.2, 0.25) is 0 Å². The van der Waals surface area contributed by atoms with Gasteiger partial charge in [-0.2, -0.15) is 0 Å². The zero-order chi connectivity index (χ0) is 21.4. The molecule has 2 atom stereocenters. The third-order valence-electron chi connectivity index (χ3n) is 6.14. The van der Waals surface area contributed by atoms with Gasteiger partial charge in [0, 0.05) is 29.8 Å². The van der Waals surface area contributed by atoms with Crippen LogP contribution in [-0.4, -0.2) is 37.8 Å². The van der Waals surface area contributed by atoms with E-state index < -0.39 is 0 Å². The summed E-state index contributed by atoms with van der Waals surface area (Å²) in [4.78, 5) is 6.68. The maximum atomic E-state index is 9.69. The van der Waals surface area contributed by atoms with Crippen LogP contribution in [0.3, 0.4) is 0 Å². The molecule has 1 aliphatic heterocycles. The summed E-state index contributed by atoms with van der Waals surface area (Å²) in [6.07, 6.45) is 1.81. The highest BCUT2D eigenvalue weighted by atomic mass is 32.1. The van der Waals surface area contributed by atoms with Crippen molar-refractivity contribution in [2.75, 3.05) is 13.2 Å². The smallest absolute Gasteiger partial charge is 0.170 e. The second-order valence-corrected chi connectivity index (χ2v) is 8.31. The summed E-state index contributed by atoms with van der Waals surface area (Å²) < 4.78 is 2.33. The van der Waals surface area contributed by atoms with Crippen LogP contribution in [0, 0.1) is 27.7 Å². The molecule has 30 heavy (non-hydrogen) atoms. The largest absolute Gasteiger partial charge is 0.395 e. The van der Waals surface area contributed by atoms with Gasteiger partial charge in [0.1, 0.15) is 0 Å². The van der Waals surface area contributed by atoms with E-state index in [1.54, 1.807) is 0 Å². The van der Waals surface area contributed by atoms with Gasteiger partial charge < -0.3 is 19.9 Å². The molecule has 0 spiro atoms. The zero-order valence-corrected chi connectivity index (χ0v) is 18.7. The maximum Gasteiger partial charge on any atom is 0.170 e. The number of pyridine rings is 1. The SMILES string of the molecule is Cc1cccc(-n2c(C)cc([C@@H]3[C@@H](c4ccccn4)NC(=S)N3CCO)c2C)c1C. The lowest BCUT2D eigenvalue weighted by molar-refractivity contribution is 0.223. The molecule has 2 aromatic heterocycles. The van der Waals surface area contributed by atoms with Gasteiger partial charge in [-0.3, -0.25) is 4.98 Å².